The molecule has 0 saturated carbocycles. The van der Waals surface area contributed by atoms with Gasteiger partial charge in [-0.25, -0.2) is 9.78 Å². The zero-order chi connectivity index (χ0) is 16.9. The molecule has 0 bridgehead atoms. The lowest BCUT2D eigenvalue weighted by atomic mass is 10.2. The minimum atomic E-state index is -0.719. The average molecular weight is 328 g/mol. The summed E-state index contributed by atoms with van der Waals surface area (Å²) in [5.41, 5.74) is 1.07. The molecule has 0 radical (unpaired) electrons. The Morgan fingerprint density at radius 2 is 2.04 bits per heavy atom. The number of carbonyl (C=O) groups is 2. The molecule has 2 aromatic rings. The molecule has 0 aliphatic carbocycles. The molecule has 2 heterocycles. The molecule has 0 unspecified atom stereocenters. The summed E-state index contributed by atoms with van der Waals surface area (Å²) in [4.78, 5) is 29.7. The number of esters is 1. The van der Waals surface area contributed by atoms with Gasteiger partial charge in [0.25, 0.3) is 5.91 Å². The predicted octanol–water partition coefficient (Wildman–Crippen LogP) is 2.57. The van der Waals surface area contributed by atoms with E-state index in [0.29, 0.717) is 19.4 Å². The highest BCUT2D eigenvalue weighted by Crippen LogP contribution is 2.22. The first kappa shape index (κ1) is 16.1. The summed E-state index contributed by atoms with van der Waals surface area (Å²) in [5.74, 6) is -1.53. The van der Waals surface area contributed by atoms with Crippen molar-refractivity contribution in [1.82, 2.24) is 9.88 Å². The number of halogens is 1. The molecule has 1 aliphatic heterocycles. The second kappa shape index (κ2) is 7.21. The second-order valence-electron chi connectivity index (χ2n) is 5.62. The Balaban J connectivity index is 1.66. The number of hydrogen-bond donors (Lipinski definition) is 0. The number of ether oxygens (including phenoxy) is 1. The number of amides is 1. The van der Waals surface area contributed by atoms with Crippen molar-refractivity contribution in [2.45, 2.75) is 25.5 Å². The third-order valence-electron chi connectivity index (χ3n) is 3.98. The van der Waals surface area contributed by atoms with Gasteiger partial charge in [-0.05, 0) is 24.5 Å². The highest BCUT2D eigenvalue weighted by atomic mass is 19.1. The monoisotopic (exact) mass is 328 g/mol. The van der Waals surface area contributed by atoms with Crippen LogP contribution in [0.2, 0.25) is 0 Å². The zero-order valence-corrected chi connectivity index (χ0v) is 13.0. The summed E-state index contributed by atoms with van der Waals surface area (Å²) in [5, 5.41) is 0. The van der Waals surface area contributed by atoms with E-state index in [2.05, 4.69) is 4.98 Å². The Morgan fingerprint density at radius 3 is 2.79 bits per heavy atom. The van der Waals surface area contributed by atoms with E-state index in [0.717, 1.165) is 11.6 Å². The molecule has 1 amide bonds. The van der Waals surface area contributed by atoms with E-state index in [1.54, 1.807) is 0 Å². The van der Waals surface area contributed by atoms with Gasteiger partial charge in [-0.3, -0.25) is 4.79 Å². The molecule has 1 aliphatic rings. The maximum atomic E-state index is 13.2. The van der Waals surface area contributed by atoms with Crippen LogP contribution in [-0.4, -0.2) is 34.3 Å². The van der Waals surface area contributed by atoms with Gasteiger partial charge in [-0.1, -0.05) is 30.3 Å². The van der Waals surface area contributed by atoms with Crippen molar-refractivity contribution in [3.05, 3.63) is 65.7 Å². The normalized spacial score (nSPS) is 16.9. The molecule has 1 aromatic carbocycles. The van der Waals surface area contributed by atoms with Gasteiger partial charge in [-0.2, -0.15) is 4.39 Å². The molecule has 24 heavy (non-hydrogen) atoms. The van der Waals surface area contributed by atoms with Crippen LogP contribution in [0.25, 0.3) is 0 Å². The van der Waals surface area contributed by atoms with Gasteiger partial charge in [0, 0.05) is 24.4 Å². The van der Waals surface area contributed by atoms with Crippen molar-refractivity contribution in [3.8, 4) is 0 Å². The van der Waals surface area contributed by atoms with Crippen molar-refractivity contribution >= 4 is 11.9 Å². The summed E-state index contributed by atoms with van der Waals surface area (Å²) < 4.78 is 18.5. The molecule has 1 aromatic heterocycles. The van der Waals surface area contributed by atoms with Crippen LogP contribution >= 0.6 is 0 Å². The van der Waals surface area contributed by atoms with E-state index >= 15 is 0 Å². The smallest absolute Gasteiger partial charge is 0.329 e. The molecule has 0 N–H and O–H groups in total. The first-order valence-electron chi connectivity index (χ1n) is 7.78. The van der Waals surface area contributed by atoms with Gasteiger partial charge >= 0.3 is 5.97 Å². The Morgan fingerprint density at radius 1 is 1.25 bits per heavy atom. The minimum Gasteiger partial charge on any atom is -0.459 e. The lowest BCUT2D eigenvalue weighted by molar-refractivity contribution is -0.149. The third-order valence-corrected chi connectivity index (χ3v) is 3.98. The molecule has 5 nitrogen and oxygen atoms in total. The Labute approximate surface area is 139 Å². The third kappa shape index (κ3) is 3.59. The van der Waals surface area contributed by atoms with Crippen LogP contribution in [0.15, 0.2) is 48.7 Å². The Hall–Kier alpha value is -2.76. The van der Waals surface area contributed by atoms with Crippen molar-refractivity contribution in [2.24, 2.45) is 0 Å². The van der Waals surface area contributed by atoms with E-state index in [1.165, 1.54) is 17.2 Å². The zero-order valence-electron chi connectivity index (χ0n) is 13.0. The lowest BCUT2D eigenvalue weighted by Crippen LogP contribution is -2.41. The van der Waals surface area contributed by atoms with Crippen LogP contribution in [0.1, 0.15) is 28.8 Å². The maximum absolute atomic E-state index is 13.2. The number of likely N-dealkylation sites (tertiary alicyclic amines) is 1. The van der Waals surface area contributed by atoms with Crippen molar-refractivity contribution in [2.75, 3.05) is 6.54 Å². The fraction of sp³-hybridized carbons (Fsp3) is 0.278. The average Bonchev–Trinajstić information content (AvgIpc) is 3.09. The molecule has 124 valence electrons. The van der Waals surface area contributed by atoms with Crippen molar-refractivity contribution in [1.29, 1.82) is 0 Å². The van der Waals surface area contributed by atoms with Gasteiger partial charge in [0.2, 0.25) is 5.95 Å². The van der Waals surface area contributed by atoms with Crippen LogP contribution in [0, 0.1) is 5.95 Å². The quantitative estimate of drug-likeness (QED) is 0.639. The largest absolute Gasteiger partial charge is 0.459 e. The highest BCUT2D eigenvalue weighted by molar-refractivity contribution is 5.97. The number of nitrogens with zero attached hydrogens (tertiary/aromatic N) is 2. The van der Waals surface area contributed by atoms with E-state index in [1.807, 2.05) is 30.3 Å². The molecule has 1 saturated heterocycles. The maximum Gasteiger partial charge on any atom is 0.329 e. The number of pyridine rings is 1. The first-order valence-corrected chi connectivity index (χ1v) is 7.78. The van der Waals surface area contributed by atoms with Crippen molar-refractivity contribution in [3.63, 3.8) is 0 Å². The predicted molar refractivity (Wildman–Crippen MR) is 84.5 cm³/mol. The topological polar surface area (TPSA) is 59.5 Å². The number of hydrogen-bond acceptors (Lipinski definition) is 4. The summed E-state index contributed by atoms with van der Waals surface area (Å²) in [6.45, 7) is 0.621. The van der Waals surface area contributed by atoms with Crippen LogP contribution in [0.3, 0.4) is 0 Å². The first-order chi connectivity index (χ1) is 11.6. The van der Waals surface area contributed by atoms with Gasteiger partial charge in [0.05, 0.1) is 0 Å². The Bertz CT molecular complexity index is 736. The van der Waals surface area contributed by atoms with Crippen LogP contribution in [0.5, 0.6) is 0 Å². The number of carbonyl (C=O) groups excluding carboxylic acids is 2. The summed E-state index contributed by atoms with van der Waals surface area (Å²) >= 11 is 0. The van der Waals surface area contributed by atoms with E-state index in [-0.39, 0.29) is 18.1 Å². The fourth-order valence-electron chi connectivity index (χ4n) is 2.78. The lowest BCUT2D eigenvalue weighted by Gasteiger charge is -2.23. The number of benzene rings is 1. The minimum absolute atomic E-state index is 0.169. The molecule has 0 spiro atoms. The van der Waals surface area contributed by atoms with E-state index < -0.39 is 18.0 Å². The fourth-order valence-corrected chi connectivity index (χ4v) is 2.78. The summed E-state index contributed by atoms with van der Waals surface area (Å²) in [7, 11) is 0. The number of rotatable bonds is 4. The summed E-state index contributed by atoms with van der Waals surface area (Å²) in [6, 6.07) is 11.2. The van der Waals surface area contributed by atoms with Gasteiger partial charge in [0.1, 0.15) is 12.6 Å². The van der Waals surface area contributed by atoms with E-state index in [4.69, 9.17) is 4.74 Å². The Kier molecular flexibility index (Phi) is 4.84. The molecule has 6 heteroatoms. The SMILES string of the molecule is O=C(OCc1ccccc1)[C@@H]1CCCN1C(=O)c1ccnc(F)c1. The molecule has 3 rings (SSSR count). The second-order valence-corrected chi connectivity index (χ2v) is 5.62. The molecular formula is C18H17FN2O3. The number of aromatic nitrogens is 1. The van der Waals surface area contributed by atoms with Crippen molar-refractivity contribution < 1.29 is 18.7 Å². The van der Waals surface area contributed by atoms with E-state index in [9.17, 15) is 14.0 Å². The standard InChI is InChI=1S/C18H17FN2O3/c19-16-11-14(8-9-20-16)17(22)21-10-4-7-15(21)18(23)24-12-13-5-2-1-3-6-13/h1-3,5-6,8-9,11,15H,4,7,10,12H2/t15-/m0/s1. The van der Waals surface area contributed by atoms with Gasteiger partial charge in [0.15, 0.2) is 0 Å². The van der Waals surface area contributed by atoms with Gasteiger partial charge in [-0.15, -0.1) is 0 Å². The summed E-state index contributed by atoms with van der Waals surface area (Å²) in [6.07, 6.45) is 2.50. The highest BCUT2D eigenvalue weighted by Gasteiger charge is 2.35. The van der Waals surface area contributed by atoms with Gasteiger partial charge < -0.3 is 9.64 Å². The molecule has 1 atom stereocenters. The van der Waals surface area contributed by atoms with Crippen LogP contribution < -0.4 is 0 Å². The van der Waals surface area contributed by atoms with Crippen LogP contribution in [-0.2, 0) is 16.1 Å². The molecule has 1 fully saturated rings. The molecular weight excluding hydrogens is 311 g/mol. The van der Waals surface area contributed by atoms with Crippen LogP contribution in [0.4, 0.5) is 4.39 Å².